The van der Waals surface area contributed by atoms with Crippen LogP contribution in [0.3, 0.4) is 0 Å². The molecular weight excluding hydrogens is 248 g/mol. The van der Waals surface area contributed by atoms with Gasteiger partial charge in [0.05, 0.1) is 5.92 Å². The lowest BCUT2D eigenvalue weighted by Crippen LogP contribution is -2.20. The summed E-state index contributed by atoms with van der Waals surface area (Å²) in [5, 5.41) is 0. The standard InChI is InChI=1S/C18H26O2/c1-8-10-13(5)15(9-2)20-17(19)16-14(11-12(3)4)18(16,6)7/h2,10-11,14-16H,8H2,1,3-7H3/b13-10+/t14?,15?,16-/m0/s1. The molecule has 0 saturated heterocycles. The highest BCUT2D eigenvalue weighted by atomic mass is 16.5. The largest absolute Gasteiger partial charge is 0.444 e. The molecule has 2 unspecified atom stereocenters. The summed E-state index contributed by atoms with van der Waals surface area (Å²) in [4.78, 5) is 12.3. The van der Waals surface area contributed by atoms with E-state index < -0.39 is 6.10 Å². The Balaban J connectivity index is 2.76. The van der Waals surface area contributed by atoms with Gasteiger partial charge in [-0.1, -0.05) is 44.4 Å². The van der Waals surface area contributed by atoms with Crippen LogP contribution in [0.25, 0.3) is 0 Å². The Bertz CT molecular complexity index is 470. The first-order valence-corrected chi connectivity index (χ1v) is 7.24. The van der Waals surface area contributed by atoms with Crippen LogP contribution in [-0.4, -0.2) is 12.1 Å². The lowest BCUT2D eigenvalue weighted by Gasteiger charge is -2.13. The first-order valence-electron chi connectivity index (χ1n) is 7.24. The quantitative estimate of drug-likeness (QED) is 0.428. The van der Waals surface area contributed by atoms with E-state index in [0.717, 1.165) is 12.0 Å². The van der Waals surface area contributed by atoms with Crippen molar-refractivity contribution in [3.8, 4) is 12.3 Å². The minimum Gasteiger partial charge on any atom is -0.444 e. The second kappa shape index (κ2) is 6.31. The molecule has 1 saturated carbocycles. The van der Waals surface area contributed by atoms with E-state index in [2.05, 4.69) is 39.7 Å². The van der Waals surface area contributed by atoms with Crippen LogP contribution in [0.4, 0.5) is 0 Å². The van der Waals surface area contributed by atoms with Crippen molar-refractivity contribution < 1.29 is 9.53 Å². The minimum atomic E-state index is -0.536. The van der Waals surface area contributed by atoms with Crippen LogP contribution in [-0.2, 0) is 9.53 Å². The van der Waals surface area contributed by atoms with Crippen LogP contribution >= 0.6 is 0 Å². The Morgan fingerprint density at radius 3 is 2.45 bits per heavy atom. The topological polar surface area (TPSA) is 26.3 Å². The van der Waals surface area contributed by atoms with Crippen molar-refractivity contribution in [2.75, 3.05) is 0 Å². The Labute approximate surface area is 123 Å². The fourth-order valence-corrected chi connectivity index (χ4v) is 2.67. The molecular formula is C18H26O2. The monoisotopic (exact) mass is 274 g/mol. The molecule has 0 radical (unpaired) electrons. The zero-order valence-corrected chi connectivity index (χ0v) is 13.5. The summed E-state index contributed by atoms with van der Waals surface area (Å²) in [5.74, 6) is 2.56. The first kappa shape index (κ1) is 16.6. The lowest BCUT2D eigenvalue weighted by molar-refractivity contribution is -0.147. The third-order valence-electron chi connectivity index (χ3n) is 4.00. The van der Waals surface area contributed by atoms with Gasteiger partial charge in [0.25, 0.3) is 0 Å². The van der Waals surface area contributed by atoms with Crippen molar-refractivity contribution in [1.29, 1.82) is 0 Å². The number of rotatable bonds is 5. The molecule has 0 amide bonds. The summed E-state index contributed by atoms with van der Waals surface area (Å²) in [7, 11) is 0. The van der Waals surface area contributed by atoms with Gasteiger partial charge in [0.1, 0.15) is 0 Å². The van der Waals surface area contributed by atoms with Crippen LogP contribution < -0.4 is 0 Å². The number of terminal acetylenes is 1. The molecule has 0 bridgehead atoms. The van der Waals surface area contributed by atoms with Crippen LogP contribution in [0.15, 0.2) is 23.3 Å². The summed E-state index contributed by atoms with van der Waals surface area (Å²) in [6.07, 6.45) is 9.99. The smallest absolute Gasteiger partial charge is 0.311 e. The van der Waals surface area contributed by atoms with Gasteiger partial charge in [-0.2, -0.15) is 0 Å². The fourth-order valence-electron chi connectivity index (χ4n) is 2.67. The van der Waals surface area contributed by atoms with Crippen molar-refractivity contribution in [2.24, 2.45) is 17.3 Å². The van der Waals surface area contributed by atoms with Crippen molar-refractivity contribution in [3.63, 3.8) is 0 Å². The fraction of sp³-hybridized carbons (Fsp3) is 0.611. The number of hydrogen-bond acceptors (Lipinski definition) is 2. The number of esters is 1. The molecule has 110 valence electrons. The normalized spacial score (nSPS) is 25.4. The maximum absolute atomic E-state index is 12.3. The van der Waals surface area contributed by atoms with E-state index in [1.54, 1.807) is 0 Å². The summed E-state index contributed by atoms with van der Waals surface area (Å²) in [6.45, 7) is 12.2. The average molecular weight is 274 g/mol. The third kappa shape index (κ3) is 3.54. The number of carbonyl (C=O) groups is 1. The SMILES string of the molecule is C#CC(OC(=O)[C@@H]1C(C=C(C)C)C1(C)C)/C(C)=C/CC. The lowest BCUT2D eigenvalue weighted by atomic mass is 10.1. The number of hydrogen-bond donors (Lipinski definition) is 0. The van der Waals surface area contributed by atoms with Gasteiger partial charge in [-0.25, -0.2) is 0 Å². The molecule has 1 aliphatic rings. The molecule has 1 aliphatic carbocycles. The maximum atomic E-state index is 12.3. The zero-order chi connectivity index (χ0) is 15.5. The summed E-state index contributed by atoms with van der Waals surface area (Å²) < 4.78 is 5.51. The predicted octanol–water partition coefficient (Wildman–Crippen LogP) is 4.13. The van der Waals surface area contributed by atoms with Gasteiger partial charge in [0.2, 0.25) is 0 Å². The minimum absolute atomic E-state index is 0.0319. The molecule has 0 aromatic rings. The molecule has 0 aromatic carbocycles. The van der Waals surface area contributed by atoms with E-state index in [1.807, 2.05) is 19.9 Å². The van der Waals surface area contributed by atoms with E-state index >= 15 is 0 Å². The van der Waals surface area contributed by atoms with Crippen molar-refractivity contribution in [2.45, 2.75) is 54.1 Å². The maximum Gasteiger partial charge on any atom is 0.311 e. The van der Waals surface area contributed by atoms with Crippen LogP contribution in [0.2, 0.25) is 0 Å². The molecule has 0 N–H and O–H groups in total. The number of carbonyl (C=O) groups excluding carboxylic acids is 1. The third-order valence-corrected chi connectivity index (χ3v) is 4.00. The summed E-state index contributed by atoms with van der Waals surface area (Å²) in [5.41, 5.74) is 2.13. The average Bonchev–Trinajstić information content (AvgIpc) is 2.86. The zero-order valence-electron chi connectivity index (χ0n) is 13.5. The van der Waals surface area contributed by atoms with Gasteiger partial charge in [-0.3, -0.25) is 4.79 Å². The summed E-state index contributed by atoms with van der Waals surface area (Å²) >= 11 is 0. The van der Waals surface area contributed by atoms with E-state index in [1.165, 1.54) is 5.57 Å². The molecule has 0 aliphatic heterocycles. The molecule has 2 nitrogen and oxygen atoms in total. The molecule has 20 heavy (non-hydrogen) atoms. The summed E-state index contributed by atoms with van der Waals surface area (Å²) in [6, 6.07) is 0. The van der Waals surface area contributed by atoms with E-state index in [9.17, 15) is 4.79 Å². The molecule has 2 heteroatoms. The van der Waals surface area contributed by atoms with Crippen LogP contribution in [0.1, 0.15) is 48.0 Å². The predicted molar refractivity (Wildman–Crippen MR) is 83.0 cm³/mol. The highest BCUT2D eigenvalue weighted by Gasteiger charge is 2.61. The Hall–Kier alpha value is -1.49. The van der Waals surface area contributed by atoms with E-state index in [4.69, 9.17) is 11.2 Å². The van der Waals surface area contributed by atoms with E-state index in [0.29, 0.717) is 0 Å². The van der Waals surface area contributed by atoms with Gasteiger partial charge in [-0.05, 0) is 44.1 Å². The Kier molecular flexibility index (Phi) is 5.22. The molecule has 1 rings (SSSR count). The first-order chi connectivity index (χ1) is 9.25. The van der Waals surface area contributed by atoms with Gasteiger partial charge >= 0.3 is 5.97 Å². The van der Waals surface area contributed by atoms with Gasteiger partial charge in [0.15, 0.2) is 6.10 Å². The van der Waals surface area contributed by atoms with Crippen molar-refractivity contribution >= 4 is 5.97 Å². The van der Waals surface area contributed by atoms with Gasteiger partial charge in [0, 0.05) is 0 Å². The van der Waals surface area contributed by atoms with Crippen LogP contribution in [0.5, 0.6) is 0 Å². The Morgan fingerprint density at radius 2 is 2.00 bits per heavy atom. The van der Waals surface area contributed by atoms with E-state index in [-0.39, 0.29) is 23.2 Å². The van der Waals surface area contributed by atoms with Gasteiger partial charge < -0.3 is 4.74 Å². The van der Waals surface area contributed by atoms with Crippen molar-refractivity contribution in [3.05, 3.63) is 23.3 Å². The molecule has 0 spiro atoms. The molecule has 1 fully saturated rings. The van der Waals surface area contributed by atoms with Gasteiger partial charge in [-0.15, -0.1) is 6.42 Å². The number of ether oxygens (including phenoxy) is 1. The molecule has 0 aromatic heterocycles. The van der Waals surface area contributed by atoms with Crippen LogP contribution in [0, 0.1) is 29.6 Å². The second-order valence-corrected chi connectivity index (χ2v) is 6.41. The second-order valence-electron chi connectivity index (χ2n) is 6.41. The highest BCUT2D eigenvalue weighted by Crippen LogP contribution is 2.59. The number of allylic oxidation sites excluding steroid dienone is 3. The molecule has 0 heterocycles. The Morgan fingerprint density at radius 1 is 1.40 bits per heavy atom. The van der Waals surface area contributed by atoms with Crippen molar-refractivity contribution in [1.82, 2.24) is 0 Å². The highest BCUT2D eigenvalue weighted by molar-refractivity contribution is 5.79. The molecule has 3 atom stereocenters.